The Kier molecular flexibility index (Phi) is 5.30. The molecule has 2 nitrogen and oxygen atoms in total. The quantitative estimate of drug-likeness (QED) is 0.792. The van der Waals surface area contributed by atoms with E-state index < -0.39 is 0 Å². The maximum Gasteiger partial charge on any atom is 0.0197 e. The van der Waals surface area contributed by atoms with Crippen molar-refractivity contribution in [1.29, 1.82) is 0 Å². The van der Waals surface area contributed by atoms with Crippen molar-refractivity contribution in [3.8, 4) is 0 Å². The van der Waals surface area contributed by atoms with E-state index in [0.717, 1.165) is 17.9 Å². The van der Waals surface area contributed by atoms with Gasteiger partial charge in [-0.25, -0.2) is 0 Å². The molecule has 1 aliphatic carbocycles. The summed E-state index contributed by atoms with van der Waals surface area (Å²) in [6.07, 6.45) is 10.0. The average molecular weight is 238 g/mol. The molecular weight excluding hydrogens is 208 g/mol. The number of rotatable bonds is 5. The Morgan fingerprint density at radius 3 is 2.53 bits per heavy atom. The lowest BCUT2D eigenvalue weighted by Gasteiger charge is -2.33. The van der Waals surface area contributed by atoms with Crippen LogP contribution in [0.3, 0.4) is 0 Å². The van der Waals surface area contributed by atoms with Crippen LogP contribution < -0.4 is 5.32 Å². The molecule has 0 aromatic rings. The number of piperidine rings is 1. The van der Waals surface area contributed by atoms with Gasteiger partial charge in [-0.05, 0) is 51.1 Å². The average Bonchev–Trinajstić information content (AvgIpc) is 2.82. The third kappa shape index (κ3) is 4.26. The van der Waals surface area contributed by atoms with Gasteiger partial charge in [0.1, 0.15) is 0 Å². The van der Waals surface area contributed by atoms with Crippen LogP contribution in [0.1, 0.15) is 51.9 Å². The fraction of sp³-hybridized carbons (Fsp3) is 1.00. The van der Waals surface area contributed by atoms with Crippen molar-refractivity contribution < 1.29 is 0 Å². The number of hydrogen-bond acceptors (Lipinski definition) is 2. The molecule has 17 heavy (non-hydrogen) atoms. The van der Waals surface area contributed by atoms with Crippen LogP contribution in [-0.2, 0) is 0 Å². The van der Waals surface area contributed by atoms with Gasteiger partial charge in [0.15, 0.2) is 0 Å². The van der Waals surface area contributed by atoms with E-state index in [0.29, 0.717) is 0 Å². The fourth-order valence-corrected chi connectivity index (χ4v) is 3.69. The van der Waals surface area contributed by atoms with Crippen molar-refractivity contribution in [2.45, 2.75) is 57.9 Å². The van der Waals surface area contributed by atoms with Crippen molar-refractivity contribution in [2.24, 2.45) is 11.8 Å². The molecule has 2 heteroatoms. The largest absolute Gasteiger partial charge is 0.313 e. The maximum atomic E-state index is 3.70. The van der Waals surface area contributed by atoms with E-state index in [4.69, 9.17) is 0 Å². The van der Waals surface area contributed by atoms with Crippen molar-refractivity contribution in [2.75, 3.05) is 26.7 Å². The minimum atomic E-state index is 0.750. The number of nitrogens with zero attached hydrogens (tertiary/aromatic N) is 1. The molecule has 1 N–H and O–H groups in total. The molecule has 0 radical (unpaired) electrons. The van der Waals surface area contributed by atoms with E-state index in [1.165, 1.54) is 64.6 Å². The van der Waals surface area contributed by atoms with Crippen molar-refractivity contribution in [3.05, 3.63) is 0 Å². The SMILES string of the molecule is CCC1CCNC(CN(C)CC2CCCC2)C1. The Bertz CT molecular complexity index is 211. The smallest absolute Gasteiger partial charge is 0.0197 e. The summed E-state index contributed by atoms with van der Waals surface area (Å²) in [6.45, 7) is 6.16. The van der Waals surface area contributed by atoms with Gasteiger partial charge in [0, 0.05) is 19.1 Å². The fourth-order valence-electron chi connectivity index (χ4n) is 3.69. The standard InChI is InChI=1S/C15H30N2/c1-3-13-8-9-16-15(10-13)12-17(2)11-14-6-4-5-7-14/h13-16H,3-12H2,1-2H3. The zero-order chi connectivity index (χ0) is 12.1. The highest BCUT2D eigenvalue weighted by molar-refractivity contribution is 4.81. The Morgan fingerprint density at radius 1 is 1.06 bits per heavy atom. The van der Waals surface area contributed by atoms with Crippen molar-refractivity contribution >= 4 is 0 Å². The van der Waals surface area contributed by atoms with Crippen LogP contribution >= 0.6 is 0 Å². The van der Waals surface area contributed by atoms with Crippen LogP contribution in [0.15, 0.2) is 0 Å². The van der Waals surface area contributed by atoms with E-state index in [2.05, 4.69) is 24.2 Å². The molecule has 100 valence electrons. The lowest BCUT2D eigenvalue weighted by atomic mass is 9.90. The zero-order valence-electron chi connectivity index (χ0n) is 11.8. The molecule has 0 amide bonds. The highest BCUT2D eigenvalue weighted by Crippen LogP contribution is 2.25. The summed E-state index contributed by atoms with van der Waals surface area (Å²) in [6, 6.07) is 0.750. The predicted molar refractivity (Wildman–Crippen MR) is 74.3 cm³/mol. The van der Waals surface area contributed by atoms with Gasteiger partial charge < -0.3 is 10.2 Å². The molecular formula is C15H30N2. The maximum absolute atomic E-state index is 3.70. The first-order chi connectivity index (χ1) is 8.28. The van der Waals surface area contributed by atoms with Gasteiger partial charge in [-0.2, -0.15) is 0 Å². The molecule has 2 fully saturated rings. The van der Waals surface area contributed by atoms with Gasteiger partial charge in [-0.1, -0.05) is 26.2 Å². The summed E-state index contributed by atoms with van der Waals surface area (Å²) in [5.74, 6) is 1.96. The van der Waals surface area contributed by atoms with Gasteiger partial charge in [0.25, 0.3) is 0 Å². The summed E-state index contributed by atoms with van der Waals surface area (Å²) < 4.78 is 0. The van der Waals surface area contributed by atoms with Gasteiger partial charge >= 0.3 is 0 Å². The molecule has 1 saturated heterocycles. The van der Waals surface area contributed by atoms with Gasteiger partial charge in [0.05, 0.1) is 0 Å². The van der Waals surface area contributed by atoms with Crippen LogP contribution in [0.4, 0.5) is 0 Å². The topological polar surface area (TPSA) is 15.3 Å². The second-order valence-corrected chi connectivity index (χ2v) is 6.32. The molecule has 2 atom stereocenters. The third-order valence-electron chi connectivity index (χ3n) is 4.76. The summed E-state index contributed by atoms with van der Waals surface area (Å²) in [4.78, 5) is 2.58. The van der Waals surface area contributed by atoms with E-state index in [9.17, 15) is 0 Å². The monoisotopic (exact) mass is 238 g/mol. The summed E-state index contributed by atoms with van der Waals surface area (Å²) in [7, 11) is 2.32. The lowest BCUT2D eigenvalue weighted by Crippen LogP contribution is -2.45. The summed E-state index contributed by atoms with van der Waals surface area (Å²) in [5.41, 5.74) is 0. The molecule has 2 aliphatic rings. The molecule has 2 rings (SSSR count). The van der Waals surface area contributed by atoms with E-state index in [-0.39, 0.29) is 0 Å². The third-order valence-corrected chi connectivity index (χ3v) is 4.76. The Balaban J connectivity index is 1.68. The molecule has 1 heterocycles. The Hall–Kier alpha value is -0.0800. The van der Waals surface area contributed by atoms with E-state index >= 15 is 0 Å². The van der Waals surface area contributed by atoms with Crippen LogP contribution in [0.5, 0.6) is 0 Å². The van der Waals surface area contributed by atoms with Crippen molar-refractivity contribution in [1.82, 2.24) is 10.2 Å². The summed E-state index contributed by atoms with van der Waals surface area (Å²) >= 11 is 0. The van der Waals surface area contributed by atoms with Gasteiger partial charge in [-0.15, -0.1) is 0 Å². The second kappa shape index (κ2) is 6.75. The number of hydrogen-bond donors (Lipinski definition) is 1. The van der Waals surface area contributed by atoms with Crippen LogP contribution in [0, 0.1) is 11.8 Å². The zero-order valence-corrected chi connectivity index (χ0v) is 11.8. The molecule has 0 aromatic heterocycles. The second-order valence-electron chi connectivity index (χ2n) is 6.32. The molecule has 0 bridgehead atoms. The normalized spacial score (nSPS) is 31.2. The minimum absolute atomic E-state index is 0.750. The van der Waals surface area contributed by atoms with E-state index in [1.807, 2.05) is 0 Å². The molecule has 0 aromatic carbocycles. The first kappa shape index (κ1) is 13.4. The number of nitrogens with one attached hydrogen (secondary N) is 1. The van der Waals surface area contributed by atoms with E-state index in [1.54, 1.807) is 0 Å². The molecule has 1 saturated carbocycles. The highest BCUT2D eigenvalue weighted by Gasteiger charge is 2.23. The minimum Gasteiger partial charge on any atom is -0.313 e. The predicted octanol–water partition coefficient (Wildman–Crippen LogP) is 2.89. The van der Waals surface area contributed by atoms with Crippen molar-refractivity contribution in [3.63, 3.8) is 0 Å². The Morgan fingerprint density at radius 2 is 1.82 bits per heavy atom. The van der Waals surface area contributed by atoms with Crippen LogP contribution in [-0.4, -0.2) is 37.6 Å². The van der Waals surface area contributed by atoms with Crippen LogP contribution in [0.2, 0.25) is 0 Å². The molecule has 0 spiro atoms. The number of likely N-dealkylation sites (N-methyl/N-ethyl adjacent to an activating group) is 1. The highest BCUT2D eigenvalue weighted by atomic mass is 15.1. The van der Waals surface area contributed by atoms with Gasteiger partial charge in [0.2, 0.25) is 0 Å². The van der Waals surface area contributed by atoms with Gasteiger partial charge in [-0.3, -0.25) is 0 Å². The summed E-state index contributed by atoms with van der Waals surface area (Å²) in [5, 5.41) is 3.70. The Labute approximate surface area is 107 Å². The molecule has 1 aliphatic heterocycles. The first-order valence-electron chi connectivity index (χ1n) is 7.69. The lowest BCUT2D eigenvalue weighted by molar-refractivity contribution is 0.206. The van der Waals surface area contributed by atoms with Crippen LogP contribution in [0.25, 0.3) is 0 Å². The first-order valence-corrected chi connectivity index (χ1v) is 7.69. The molecule has 2 unspecified atom stereocenters.